The van der Waals surface area contributed by atoms with Crippen LogP contribution in [-0.2, 0) is 17.5 Å². The number of hydrogen-bond donors (Lipinski definition) is 0. The summed E-state index contributed by atoms with van der Waals surface area (Å²) in [6.45, 7) is 5.85. The van der Waals surface area contributed by atoms with Gasteiger partial charge in [-0.25, -0.2) is 6.14 Å². The second kappa shape index (κ2) is 7.21. The molecule has 122 valence electrons. The highest BCUT2D eigenvalue weighted by atomic mass is 127. The topological polar surface area (TPSA) is 54.5 Å². The zero-order valence-electron chi connectivity index (χ0n) is 13.5. The van der Waals surface area contributed by atoms with Gasteiger partial charge in [0.05, 0.1) is 12.2 Å². The molecule has 0 spiro atoms. The van der Waals surface area contributed by atoms with Crippen LogP contribution in [0.2, 0.25) is 0 Å². The van der Waals surface area contributed by atoms with Gasteiger partial charge in [0.25, 0.3) is 0 Å². The highest BCUT2D eigenvalue weighted by molar-refractivity contribution is 14.2. The first-order chi connectivity index (χ1) is 10.8. The van der Waals surface area contributed by atoms with Gasteiger partial charge in [0.2, 0.25) is 5.91 Å². The van der Waals surface area contributed by atoms with Crippen LogP contribution in [0.15, 0.2) is 54.6 Å². The fourth-order valence-electron chi connectivity index (χ4n) is 2.24. The molecule has 2 rings (SSSR count). The molecule has 0 radical (unpaired) electrons. The number of benzene rings is 2. The van der Waals surface area contributed by atoms with E-state index < -0.39 is 25.2 Å². The molecule has 23 heavy (non-hydrogen) atoms. The molecule has 0 aliphatic rings. The Bertz CT molecular complexity index is 753. The molecule has 4 nitrogen and oxygen atoms in total. The van der Waals surface area contributed by atoms with Crippen LogP contribution in [0.5, 0.6) is 0 Å². The summed E-state index contributed by atoms with van der Waals surface area (Å²) in [5.41, 5.74) is 0.815. The quantitative estimate of drug-likeness (QED) is 0.672. The lowest BCUT2D eigenvalue weighted by molar-refractivity contribution is -0.125. The number of nitrogens with zero attached hydrogens (tertiary/aromatic N) is 1. The van der Waals surface area contributed by atoms with E-state index in [4.69, 9.17) is 0 Å². The average molecular weight is 425 g/mol. The minimum atomic E-state index is -3.70. The molecule has 0 aliphatic heterocycles. The predicted octanol–water partition coefficient (Wildman–Crippen LogP) is 4.63. The van der Waals surface area contributed by atoms with Crippen LogP contribution in [0.25, 0.3) is 0 Å². The summed E-state index contributed by atoms with van der Waals surface area (Å²) < 4.78 is 23.5. The van der Waals surface area contributed by atoms with Crippen molar-refractivity contribution in [1.82, 2.24) is 0 Å². The van der Waals surface area contributed by atoms with Crippen molar-refractivity contribution in [2.75, 3.05) is 4.90 Å². The van der Waals surface area contributed by atoms with Crippen molar-refractivity contribution >= 4 is 31.4 Å². The van der Waals surface area contributed by atoms with E-state index >= 15 is 0 Å². The van der Waals surface area contributed by atoms with Crippen molar-refractivity contribution in [1.29, 1.82) is 0 Å². The van der Waals surface area contributed by atoms with Gasteiger partial charge in [-0.3, -0.25) is 4.79 Å². The van der Waals surface area contributed by atoms with Gasteiger partial charge in [-0.15, -0.1) is 0 Å². The molecule has 0 unspecified atom stereocenters. The fraction of sp³-hybridized carbons (Fsp3) is 0.278. The number of carbonyl (C=O) groups is 1. The summed E-state index contributed by atoms with van der Waals surface area (Å²) in [4.78, 5) is 14.5. The van der Waals surface area contributed by atoms with Crippen molar-refractivity contribution in [3.8, 4) is 0 Å². The summed E-state index contributed by atoms with van der Waals surface area (Å²) in [5.74, 6) is -0.105. The van der Waals surface area contributed by atoms with E-state index in [0.717, 1.165) is 5.56 Å². The average Bonchev–Trinajstić information content (AvgIpc) is 2.52. The molecule has 0 bridgehead atoms. The SMILES string of the molecule is CC(C)(C)C(=O)N(Cc1ccccc1)c1ccccc1I(=O)=O. The van der Waals surface area contributed by atoms with Gasteiger partial charge >= 0.3 is 19.8 Å². The van der Waals surface area contributed by atoms with Crippen LogP contribution in [0, 0.1) is 8.99 Å². The maximum atomic E-state index is 12.9. The number of halogens is 1. The van der Waals surface area contributed by atoms with Crippen molar-refractivity contribution in [2.45, 2.75) is 27.3 Å². The highest BCUT2D eigenvalue weighted by Crippen LogP contribution is 2.32. The Labute approximate surface area is 143 Å². The van der Waals surface area contributed by atoms with E-state index in [0.29, 0.717) is 12.2 Å². The maximum Gasteiger partial charge on any atom is 0.342 e. The smallest absolute Gasteiger partial charge is 0.306 e. The van der Waals surface area contributed by atoms with E-state index in [1.165, 1.54) is 0 Å². The summed E-state index contributed by atoms with van der Waals surface area (Å²) >= 11 is -3.70. The van der Waals surface area contributed by atoms with Crippen LogP contribution >= 0.6 is 19.8 Å². The largest absolute Gasteiger partial charge is 0.342 e. The standard InChI is InChI=1S/C18H20INO3/c1-18(2,3)17(21)20(13-14-9-5-4-6-10-14)16-12-8-7-11-15(16)19(22)23/h4-12H,13H2,1-3H3. The first kappa shape index (κ1) is 17.6. The minimum absolute atomic E-state index is 0.105. The number of rotatable bonds is 4. The molecule has 0 N–H and O–H groups in total. The van der Waals surface area contributed by atoms with E-state index in [9.17, 15) is 10.9 Å². The van der Waals surface area contributed by atoms with Crippen LogP contribution in [0.1, 0.15) is 26.3 Å². The number of anilines is 1. The van der Waals surface area contributed by atoms with E-state index in [-0.39, 0.29) is 9.48 Å². The normalized spacial score (nSPS) is 11.5. The van der Waals surface area contributed by atoms with Crippen LogP contribution in [0.4, 0.5) is 5.69 Å². The van der Waals surface area contributed by atoms with Crippen molar-refractivity contribution in [3.05, 3.63) is 63.7 Å². The van der Waals surface area contributed by atoms with Gasteiger partial charge in [0, 0.05) is 5.41 Å². The molecular formula is C18H20INO3. The van der Waals surface area contributed by atoms with Gasteiger partial charge in [-0.2, -0.15) is 0 Å². The highest BCUT2D eigenvalue weighted by Gasteiger charge is 2.30. The lowest BCUT2D eigenvalue weighted by Gasteiger charge is -2.30. The molecule has 0 fully saturated rings. The molecule has 0 saturated carbocycles. The van der Waals surface area contributed by atoms with Crippen LogP contribution in [0.3, 0.4) is 0 Å². The first-order valence-electron chi connectivity index (χ1n) is 7.31. The van der Waals surface area contributed by atoms with Crippen molar-refractivity contribution in [3.63, 3.8) is 0 Å². The minimum Gasteiger partial charge on any atom is -0.306 e. The van der Waals surface area contributed by atoms with Gasteiger partial charge in [-0.05, 0) is 17.7 Å². The Hall–Kier alpha value is -1.76. The molecular weight excluding hydrogens is 405 g/mol. The molecule has 2 aromatic carbocycles. The molecule has 0 atom stereocenters. The zero-order valence-corrected chi connectivity index (χ0v) is 15.6. The third-order valence-corrected chi connectivity index (χ3v) is 5.24. The number of hydrogen-bond acceptors (Lipinski definition) is 3. The summed E-state index contributed by atoms with van der Waals surface area (Å²) in [5, 5.41) is 0. The van der Waals surface area contributed by atoms with Gasteiger partial charge in [0.1, 0.15) is 3.57 Å². The monoisotopic (exact) mass is 425 g/mol. The Morgan fingerprint density at radius 3 is 2.09 bits per heavy atom. The molecule has 0 heterocycles. The Morgan fingerprint density at radius 2 is 1.52 bits per heavy atom. The third-order valence-electron chi connectivity index (χ3n) is 3.38. The van der Waals surface area contributed by atoms with Gasteiger partial charge in [-0.1, -0.05) is 63.2 Å². The molecule has 1 amide bonds. The lowest BCUT2D eigenvalue weighted by atomic mass is 9.94. The van der Waals surface area contributed by atoms with E-state index in [1.807, 2.05) is 51.1 Å². The molecule has 0 aromatic heterocycles. The van der Waals surface area contributed by atoms with Crippen LogP contribution < -0.4 is 4.90 Å². The van der Waals surface area contributed by atoms with E-state index in [2.05, 4.69) is 0 Å². The predicted molar refractivity (Wildman–Crippen MR) is 97.6 cm³/mol. The molecule has 0 aliphatic carbocycles. The Morgan fingerprint density at radius 1 is 0.957 bits per heavy atom. The first-order valence-corrected chi connectivity index (χ1v) is 10.1. The number of amides is 1. The maximum absolute atomic E-state index is 12.9. The van der Waals surface area contributed by atoms with Crippen molar-refractivity contribution in [2.24, 2.45) is 5.41 Å². The van der Waals surface area contributed by atoms with E-state index in [1.54, 1.807) is 29.2 Å². The number of para-hydroxylation sites is 1. The third kappa shape index (κ3) is 4.37. The molecule has 5 heteroatoms. The summed E-state index contributed by atoms with van der Waals surface area (Å²) in [7, 11) is 0. The van der Waals surface area contributed by atoms with Crippen molar-refractivity contribution < 1.29 is 10.9 Å². The summed E-state index contributed by atoms with van der Waals surface area (Å²) in [6, 6.07) is 16.3. The number of carbonyl (C=O) groups excluding carboxylic acids is 1. The molecule has 0 saturated heterocycles. The second-order valence-corrected chi connectivity index (χ2v) is 8.70. The lowest BCUT2D eigenvalue weighted by Crippen LogP contribution is -2.39. The van der Waals surface area contributed by atoms with Crippen LogP contribution in [-0.4, -0.2) is 5.91 Å². The Kier molecular flexibility index (Phi) is 5.51. The fourth-order valence-corrected chi connectivity index (χ4v) is 3.66. The van der Waals surface area contributed by atoms with Gasteiger partial charge in [0.15, 0.2) is 0 Å². The zero-order chi connectivity index (χ0) is 17.0. The molecule has 2 aromatic rings. The van der Waals surface area contributed by atoms with Gasteiger partial charge < -0.3 is 4.90 Å². The second-order valence-electron chi connectivity index (χ2n) is 6.30. The Balaban J connectivity index is 2.52. The summed E-state index contributed by atoms with van der Waals surface area (Å²) in [6.07, 6.45) is 0.